The van der Waals surface area contributed by atoms with Crippen LogP contribution < -0.4 is 10.1 Å². The minimum absolute atomic E-state index is 0.128. The summed E-state index contributed by atoms with van der Waals surface area (Å²) in [6, 6.07) is 6.05. The van der Waals surface area contributed by atoms with Crippen LogP contribution in [0, 0.1) is 6.92 Å². The van der Waals surface area contributed by atoms with E-state index in [1.165, 1.54) is 0 Å². The average molecular weight is 274 g/mol. The van der Waals surface area contributed by atoms with Gasteiger partial charge in [-0.3, -0.25) is 4.68 Å². The third kappa shape index (κ3) is 3.81. The third-order valence-corrected chi connectivity index (χ3v) is 2.92. The number of aryl methyl sites for hydroxylation is 2. The van der Waals surface area contributed by atoms with Crippen LogP contribution in [0.25, 0.3) is 0 Å². The average Bonchev–Trinajstić information content (AvgIpc) is 2.69. The first-order valence-electron chi connectivity index (χ1n) is 6.87. The van der Waals surface area contributed by atoms with Crippen molar-refractivity contribution < 1.29 is 4.74 Å². The van der Waals surface area contributed by atoms with Gasteiger partial charge in [0, 0.05) is 31.9 Å². The molecule has 1 N–H and O–H groups in total. The molecule has 0 bridgehead atoms. The molecule has 0 saturated heterocycles. The SMILES string of the molecule is Cc1cc(CNCc2cccnc2OC(C)C)n(C)n1. The van der Waals surface area contributed by atoms with E-state index in [0.717, 1.165) is 30.0 Å². The summed E-state index contributed by atoms with van der Waals surface area (Å²) in [4.78, 5) is 4.29. The molecule has 0 amide bonds. The van der Waals surface area contributed by atoms with E-state index in [-0.39, 0.29) is 6.10 Å². The fraction of sp³-hybridized carbons (Fsp3) is 0.467. The molecule has 0 atom stereocenters. The second-order valence-corrected chi connectivity index (χ2v) is 5.14. The molecule has 108 valence electrons. The Labute approximate surface area is 120 Å². The summed E-state index contributed by atoms with van der Waals surface area (Å²) in [7, 11) is 1.96. The fourth-order valence-electron chi connectivity index (χ4n) is 2.04. The quantitative estimate of drug-likeness (QED) is 0.877. The maximum Gasteiger partial charge on any atom is 0.218 e. The maximum atomic E-state index is 5.71. The van der Waals surface area contributed by atoms with E-state index in [9.17, 15) is 0 Å². The molecule has 0 fully saturated rings. The van der Waals surface area contributed by atoms with Crippen molar-refractivity contribution in [3.8, 4) is 5.88 Å². The lowest BCUT2D eigenvalue weighted by Crippen LogP contribution is -2.17. The van der Waals surface area contributed by atoms with E-state index in [2.05, 4.69) is 21.5 Å². The first kappa shape index (κ1) is 14.5. The van der Waals surface area contributed by atoms with Gasteiger partial charge in [-0.05, 0) is 32.9 Å². The van der Waals surface area contributed by atoms with Gasteiger partial charge in [0.1, 0.15) is 0 Å². The number of aromatic nitrogens is 3. The molecule has 0 aliphatic carbocycles. The zero-order valence-electron chi connectivity index (χ0n) is 12.6. The van der Waals surface area contributed by atoms with Crippen molar-refractivity contribution in [3.63, 3.8) is 0 Å². The molecule has 0 aliphatic rings. The van der Waals surface area contributed by atoms with Crippen molar-refractivity contribution in [3.05, 3.63) is 41.3 Å². The normalized spacial score (nSPS) is 11.1. The largest absolute Gasteiger partial charge is 0.475 e. The van der Waals surface area contributed by atoms with Crippen molar-refractivity contribution in [2.24, 2.45) is 7.05 Å². The molecule has 2 aromatic heterocycles. The highest BCUT2D eigenvalue weighted by Crippen LogP contribution is 2.15. The lowest BCUT2D eigenvalue weighted by atomic mass is 10.2. The topological polar surface area (TPSA) is 52.0 Å². The molecule has 2 heterocycles. The summed E-state index contributed by atoms with van der Waals surface area (Å²) in [5, 5.41) is 7.74. The van der Waals surface area contributed by atoms with Gasteiger partial charge >= 0.3 is 0 Å². The van der Waals surface area contributed by atoms with E-state index in [1.807, 2.05) is 44.6 Å². The third-order valence-electron chi connectivity index (χ3n) is 2.92. The standard InChI is InChI=1S/C15H22N4O/c1-11(2)20-15-13(6-5-7-17-15)9-16-10-14-8-12(3)18-19(14)4/h5-8,11,16H,9-10H2,1-4H3. The van der Waals surface area contributed by atoms with Crippen LogP contribution >= 0.6 is 0 Å². The molecular weight excluding hydrogens is 252 g/mol. The number of nitrogens with zero attached hydrogens (tertiary/aromatic N) is 3. The van der Waals surface area contributed by atoms with Gasteiger partial charge in [0.15, 0.2) is 0 Å². The fourth-order valence-corrected chi connectivity index (χ4v) is 2.04. The van der Waals surface area contributed by atoms with Gasteiger partial charge < -0.3 is 10.1 Å². The highest BCUT2D eigenvalue weighted by atomic mass is 16.5. The van der Waals surface area contributed by atoms with Crippen LogP contribution in [-0.4, -0.2) is 20.9 Å². The van der Waals surface area contributed by atoms with E-state index >= 15 is 0 Å². The van der Waals surface area contributed by atoms with Crippen molar-refractivity contribution in [2.45, 2.75) is 40.0 Å². The highest BCUT2D eigenvalue weighted by Gasteiger charge is 2.07. The van der Waals surface area contributed by atoms with Crippen LogP contribution in [0.5, 0.6) is 5.88 Å². The summed E-state index contributed by atoms with van der Waals surface area (Å²) in [5.74, 6) is 0.705. The highest BCUT2D eigenvalue weighted by molar-refractivity contribution is 5.25. The van der Waals surface area contributed by atoms with Crippen molar-refractivity contribution in [1.82, 2.24) is 20.1 Å². The Bertz CT molecular complexity index is 563. The lowest BCUT2D eigenvalue weighted by Gasteiger charge is -2.13. The monoisotopic (exact) mass is 274 g/mol. The summed E-state index contributed by atoms with van der Waals surface area (Å²) >= 11 is 0. The Hall–Kier alpha value is -1.88. The molecule has 0 aliphatic heterocycles. The first-order valence-corrected chi connectivity index (χ1v) is 6.87. The van der Waals surface area contributed by atoms with Crippen LogP contribution in [-0.2, 0) is 20.1 Å². The Kier molecular flexibility index (Phi) is 4.74. The van der Waals surface area contributed by atoms with Gasteiger partial charge in [-0.2, -0.15) is 5.10 Å². The molecule has 0 saturated carbocycles. The Morgan fingerprint density at radius 3 is 2.80 bits per heavy atom. The Morgan fingerprint density at radius 1 is 1.35 bits per heavy atom. The van der Waals surface area contributed by atoms with E-state index < -0.39 is 0 Å². The second kappa shape index (κ2) is 6.52. The second-order valence-electron chi connectivity index (χ2n) is 5.14. The zero-order chi connectivity index (χ0) is 14.5. The van der Waals surface area contributed by atoms with Crippen LogP contribution in [0.1, 0.15) is 30.8 Å². The smallest absolute Gasteiger partial charge is 0.218 e. The minimum atomic E-state index is 0.128. The van der Waals surface area contributed by atoms with Crippen molar-refractivity contribution in [1.29, 1.82) is 0 Å². The van der Waals surface area contributed by atoms with Gasteiger partial charge in [-0.25, -0.2) is 4.98 Å². The van der Waals surface area contributed by atoms with Crippen LogP contribution in [0.15, 0.2) is 24.4 Å². The Balaban J connectivity index is 1.95. The predicted octanol–water partition coefficient (Wildman–Crippen LogP) is 2.20. The number of pyridine rings is 1. The van der Waals surface area contributed by atoms with E-state index in [4.69, 9.17) is 4.74 Å². The van der Waals surface area contributed by atoms with Crippen molar-refractivity contribution >= 4 is 0 Å². The zero-order valence-corrected chi connectivity index (χ0v) is 12.6. The molecule has 5 nitrogen and oxygen atoms in total. The van der Waals surface area contributed by atoms with Crippen LogP contribution in [0.2, 0.25) is 0 Å². The number of hydrogen-bond acceptors (Lipinski definition) is 4. The van der Waals surface area contributed by atoms with Gasteiger partial charge in [0.2, 0.25) is 5.88 Å². The molecule has 20 heavy (non-hydrogen) atoms. The first-order chi connectivity index (χ1) is 9.56. The van der Waals surface area contributed by atoms with E-state index in [1.54, 1.807) is 6.20 Å². The molecule has 0 unspecified atom stereocenters. The maximum absolute atomic E-state index is 5.71. The summed E-state index contributed by atoms with van der Waals surface area (Å²) in [6.45, 7) is 7.50. The number of ether oxygens (including phenoxy) is 1. The molecule has 0 spiro atoms. The van der Waals surface area contributed by atoms with Gasteiger partial charge in [-0.1, -0.05) is 6.07 Å². The van der Waals surface area contributed by atoms with Crippen molar-refractivity contribution in [2.75, 3.05) is 0 Å². The summed E-state index contributed by atoms with van der Waals surface area (Å²) in [5.41, 5.74) is 3.27. The van der Waals surface area contributed by atoms with E-state index in [0.29, 0.717) is 5.88 Å². The minimum Gasteiger partial charge on any atom is -0.475 e. The number of rotatable bonds is 6. The molecule has 0 aromatic carbocycles. The lowest BCUT2D eigenvalue weighted by molar-refractivity contribution is 0.229. The number of hydrogen-bond donors (Lipinski definition) is 1. The predicted molar refractivity (Wildman–Crippen MR) is 78.5 cm³/mol. The molecule has 5 heteroatoms. The molecule has 0 radical (unpaired) electrons. The van der Waals surface area contributed by atoms with Crippen LogP contribution in [0.4, 0.5) is 0 Å². The molecule has 2 rings (SSSR count). The van der Waals surface area contributed by atoms with Gasteiger partial charge in [0.05, 0.1) is 17.5 Å². The van der Waals surface area contributed by atoms with Gasteiger partial charge in [-0.15, -0.1) is 0 Å². The summed E-state index contributed by atoms with van der Waals surface area (Å²) in [6.07, 6.45) is 1.88. The molecule has 2 aromatic rings. The van der Waals surface area contributed by atoms with Crippen LogP contribution in [0.3, 0.4) is 0 Å². The summed E-state index contributed by atoms with van der Waals surface area (Å²) < 4.78 is 7.61. The van der Waals surface area contributed by atoms with Gasteiger partial charge in [0.25, 0.3) is 0 Å². The Morgan fingerprint density at radius 2 is 2.15 bits per heavy atom. The number of nitrogens with one attached hydrogen (secondary N) is 1. The molecular formula is C15H22N4O.